The Bertz CT molecular complexity index is 46.9. The molecule has 0 rings (SSSR count). The first-order chi connectivity index (χ1) is 2.41. The fourth-order valence-corrected chi connectivity index (χ4v) is 1.94. The SMILES string of the molecule is [Sb]=[CH]C=[CH][SbH]. The van der Waals surface area contributed by atoms with E-state index in [-0.39, 0.29) is 0 Å². The van der Waals surface area contributed by atoms with Crippen LogP contribution in [0.3, 0.4) is 0 Å². The maximum atomic E-state index is 2.10. The summed E-state index contributed by atoms with van der Waals surface area (Å²) in [5.41, 5.74) is 0. The molecule has 0 saturated heterocycles. The number of hydrogen-bond donors (Lipinski definition) is 0. The fourth-order valence-electron chi connectivity index (χ4n) is 0.0430. The van der Waals surface area contributed by atoms with Gasteiger partial charge in [0.1, 0.15) is 0 Å². The minimum absolute atomic E-state index is 1.48. The van der Waals surface area contributed by atoms with Crippen LogP contribution in [-0.2, 0) is 0 Å². The van der Waals surface area contributed by atoms with Crippen LogP contribution >= 0.6 is 0 Å². The van der Waals surface area contributed by atoms with Gasteiger partial charge in [-0.1, -0.05) is 0 Å². The van der Waals surface area contributed by atoms with Crippen molar-refractivity contribution in [2.75, 3.05) is 0 Å². The van der Waals surface area contributed by atoms with Crippen molar-refractivity contribution in [3.05, 3.63) is 10.1 Å². The van der Waals surface area contributed by atoms with Gasteiger partial charge in [-0.2, -0.15) is 0 Å². The molecule has 0 spiro atoms. The molecule has 0 bridgehead atoms. The van der Waals surface area contributed by atoms with Crippen LogP contribution in [0.1, 0.15) is 0 Å². The first kappa shape index (κ1) is 6.25. The zero-order valence-electron chi connectivity index (χ0n) is 2.68. The van der Waals surface area contributed by atoms with Crippen molar-refractivity contribution in [2.45, 2.75) is 0 Å². The van der Waals surface area contributed by atoms with Gasteiger partial charge >= 0.3 is 59.6 Å². The monoisotopic (exact) mass is 282 g/mol. The number of rotatable bonds is 1. The van der Waals surface area contributed by atoms with Crippen LogP contribution < -0.4 is 0 Å². The molecule has 0 aliphatic rings. The summed E-state index contributed by atoms with van der Waals surface area (Å²) >= 11 is 3.20. The van der Waals surface area contributed by atoms with E-state index in [2.05, 4.69) is 14.0 Å². The third-order valence-corrected chi connectivity index (χ3v) is 1.22. The van der Waals surface area contributed by atoms with Crippen molar-refractivity contribution in [1.82, 2.24) is 0 Å². The molecule has 0 aromatic rings. The average Bonchev–Trinajstić information content (AvgIpc) is 1.41. The van der Waals surface area contributed by atoms with Crippen molar-refractivity contribution in [3.8, 4) is 0 Å². The fraction of sp³-hybridized carbons (Fsp3) is 0. The van der Waals surface area contributed by atoms with E-state index >= 15 is 0 Å². The van der Waals surface area contributed by atoms with Crippen LogP contribution in [0.15, 0.2) is 10.1 Å². The second-order valence-electron chi connectivity index (χ2n) is 0.508. The summed E-state index contributed by atoms with van der Waals surface area (Å²) in [4.78, 5) is 0. The molecular formula is C3H4Sb2. The number of hydrogen-bond acceptors (Lipinski definition) is 0. The van der Waals surface area contributed by atoms with Gasteiger partial charge in [-0.05, 0) is 0 Å². The third kappa shape index (κ3) is 5.25. The van der Waals surface area contributed by atoms with E-state index in [0.717, 1.165) is 0 Å². The van der Waals surface area contributed by atoms with Gasteiger partial charge in [-0.15, -0.1) is 0 Å². The van der Waals surface area contributed by atoms with Crippen LogP contribution in [0.2, 0.25) is 0 Å². The normalized spacial score (nSPS) is 9.00. The average molecular weight is 284 g/mol. The predicted molar refractivity (Wildman–Crippen MR) is 28.1 cm³/mol. The second-order valence-corrected chi connectivity index (χ2v) is 2.31. The molecule has 0 atom stereocenters. The van der Waals surface area contributed by atoms with Crippen LogP contribution in [0.4, 0.5) is 0 Å². The molecule has 0 N–H and O–H groups in total. The molecule has 2 radical (unpaired) electrons. The Kier molecular flexibility index (Phi) is 6.55. The predicted octanol–water partition coefficient (Wildman–Crippen LogP) is -0.628. The Morgan fingerprint density at radius 2 is 2.20 bits per heavy atom. The molecular weight excluding hydrogens is 280 g/mol. The van der Waals surface area contributed by atoms with Crippen molar-refractivity contribution >= 4 is 49.5 Å². The zero-order chi connectivity index (χ0) is 4.12. The molecule has 5 heavy (non-hydrogen) atoms. The van der Waals surface area contributed by atoms with E-state index in [1.807, 2.05) is 0 Å². The zero-order valence-corrected chi connectivity index (χ0v) is 8.09. The van der Waals surface area contributed by atoms with Gasteiger partial charge in [0.2, 0.25) is 0 Å². The van der Waals surface area contributed by atoms with E-state index < -0.39 is 0 Å². The summed E-state index contributed by atoms with van der Waals surface area (Å²) in [5.74, 6) is 0. The van der Waals surface area contributed by atoms with E-state index in [4.69, 9.17) is 0 Å². The van der Waals surface area contributed by atoms with Gasteiger partial charge in [0.15, 0.2) is 0 Å². The van der Waals surface area contributed by atoms with Crippen molar-refractivity contribution in [1.29, 1.82) is 0 Å². The molecule has 0 aromatic carbocycles. The van der Waals surface area contributed by atoms with Gasteiger partial charge < -0.3 is 0 Å². The first-order valence-corrected chi connectivity index (χ1v) is 4.34. The quantitative estimate of drug-likeness (QED) is 0.562. The van der Waals surface area contributed by atoms with Gasteiger partial charge in [-0.3, -0.25) is 0 Å². The molecule has 0 nitrogen and oxygen atoms in total. The number of allylic oxidation sites excluding steroid dienone is 1. The molecule has 26 valence electrons. The first-order valence-electron chi connectivity index (χ1n) is 1.21. The van der Waals surface area contributed by atoms with Crippen molar-refractivity contribution in [2.24, 2.45) is 0 Å². The Labute approximate surface area is 59.1 Å². The molecule has 0 saturated carbocycles. The summed E-state index contributed by atoms with van der Waals surface area (Å²) in [6.45, 7) is 0. The Hall–Kier alpha value is 1.25. The van der Waals surface area contributed by atoms with Gasteiger partial charge in [-0.25, -0.2) is 0 Å². The third-order valence-electron chi connectivity index (χ3n) is 0.182. The van der Waals surface area contributed by atoms with E-state index in [1.54, 1.807) is 22.5 Å². The maximum absolute atomic E-state index is 2.10. The van der Waals surface area contributed by atoms with Gasteiger partial charge in [0.25, 0.3) is 0 Å². The molecule has 0 aliphatic heterocycles. The molecule has 0 unspecified atom stereocenters. The van der Waals surface area contributed by atoms with Crippen LogP contribution in [-0.4, -0.2) is 49.5 Å². The molecule has 0 aromatic heterocycles. The standard InChI is InChI=1S/C3H3.2Sb.H/c1-3-2;;;/h1-3H;;;. The summed E-state index contributed by atoms with van der Waals surface area (Å²) in [6.07, 6.45) is 2.06. The Morgan fingerprint density at radius 1 is 1.60 bits per heavy atom. The topological polar surface area (TPSA) is 0 Å². The van der Waals surface area contributed by atoms with Crippen LogP contribution in [0.5, 0.6) is 0 Å². The second kappa shape index (κ2) is 5.25. The Morgan fingerprint density at radius 3 is 2.20 bits per heavy atom. The summed E-state index contributed by atoms with van der Waals surface area (Å²) in [6, 6.07) is 0. The molecule has 0 fully saturated rings. The summed E-state index contributed by atoms with van der Waals surface area (Å²) in [7, 11) is 0. The van der Waals surface area contributed by atoms with Crippen LogP contribution in [0.25, 0.3) is 0 Å². The molecule has 0 aliphatic carbocycles. The summed E-state index contributed by atoms with van der Waals surface area (Å²) in [5, 5.41) is 0. The molecule has 2 heteroatoms. The van der Waals surface area contributed by atoms with Crippen LogP contribution in [0, 0.1) is 0 Å². The molecule has 0 amide bonds. The van der Waals surface area contributed by atoms with Gasteiger partial charge in [0, 0.05) is 0 Å². The van der Waals surface area contributed by atoms with Crippen molar-refractivity contribution < 1.29 is 0 Å². The van der Waals surface area contributed by atoms with E-state index in [0.29, 0.717) is 0 Å². The molecule has 0 heterocycles. The van der Waals surface area contributed by atoms with E-state index in [1.165, 1.54) is 23.0 Å². The van der Waals surface area contributed by atoms with Crippen molar-refractivity contribution in [3.63, 3.8) is 0 Å². The minimum atomic E-state index is 1.48. The summed E-state index contributed by atoms with van der Waals surface area (Å²) < 4.78 is 4.18. The Balaban J connectivity index is 2.92. The van der Waals surface area contributed by atoms with E-state index in [9.17, 15) is 0 Å². The van der Waals surface area contributed by atoms with Gasteiger partial charge in [0.05, 0.1) is 0 Å².